The summed E-state index contributed by atoms with van der Waals surface area (Å²) >= 11 is 0. The van der Waals surface area contributed by atoms with Gasteiger partial charge >= 0.3 is 6.09 Å². The number of carbonyl (C=O) groups excluding carboxylic acids is 1. The van der Waals surface area contributed by atoms with Crippen molar-refractivity contribution in [3.05, 3.63) is 29.8 Å². The number of nitrogens with one attached hydrogen (secondary N) is 1. The van der Waals surface area contributed by atoms with Gasteiger partial charge in [-0.3, -0.25) is 0 Å². The number of aliphatic hydroxyl groups excluding tert-OH is 1. The van der Waals surface area contributed by atoms with E-state index in [0.717, 1.165) is 11.3 Å². The lowest BCUT2D eigenvalue weighted by Gasteiger charge is -2.15. The average molecular weight is 239 g/mol. The predicted molar refractivity (Wildman–Crippen MR) is 63.1 cm³/mol. The molecule has 2 N–H and O–H groups in total. The van der Waals surface area contributed by atoms with Crippen molar-refractivity contribution in [2.45, 2.75) is 12.5 Å². The highest BCUT2D eigenvalue weighted by molar-refractivity contribution is 5.67. The minimum Gasteiger partial charge on any atom is -0.497 e. The molecule has 0 heterocycles. The van der Waals surface area contributed by atoms with Gasteiger partial charge in [0.1, 0.15) is 5.75 Å². The Morgan fingerprint density at radius 2 is 2.00 bits per heavy atom. The van der Waals surface area contributed by atoms with Crippen LogP contribution in [0.3, 0.4) is 0 Å². The molecule has 0 aromatic heterocycles. The zero-order valence-electron chi connectivity index (χ0n) is 9.97. The zero-order valence-corrected chi connectivity index (χ0v) is 9.97. The van der Waals surface area contributed by atoms with Gasteiger partial charge in [-0.1, -0.05) is 12.1 Å². The number of hydrogen-bond donors (Lipinski definition) is 2. The molecule has 1 atom stereocenters. The molecule has 0 spiro atoms. The van der Waals surface area contributed by atoms with Crippen LogP contribution in [-0.2, 0) is 11.2 Å². The topological polar surface area (TPSA) is 67.8 Å². The van der Waals surface area contributed by atoms with E-state index in [1.165, 1.54) is 7.11 Å². The quantitative estimate of drug-likeness (QED) is 0.803. The van der Waals surface area contributed by atoms with Crippen molar-refractivity contribution in [2.75, 3.05) is 20.8 Å². The van der Waals surface area contributed by atoms with Crippen LogP contribution in [0, 0.1) is 0 Å². The first-order chi connectivity index (χ1) is 8.19. The predicted octanol–water partition coefficient (Wildman–Crippen LogP) is 0.955. The molecule has 17 heavy (non-hydrogen) atoms. The third-order valence-electron chi connectivity index (χ3n) is 2.37. The third-order valence-corrected chi connectivity index (χ3v) is 2.37. The Kier molecular flexibility index (Phi) is 5.29. The van der Waals surface area contributed by atoms with E-state index >= 15 is 0 Å². The summed E-state index contributed by atoms with van der Waals surface area (Å²) < 4.78 is 9.52. The normalized spacial score (nSPS) is 11.7. The Morgan fingerprint density at radius 3 is 2.47 bits per heavy atom. The van der Waals surface area contributed by atoms with Crippen LogP contribution in [0.4, 0.5) is 4.79 Å². The van der Waals surface area contributed by atoms with E-state index in [9.17, 15) is 4.79 Å². The molecule has 94 valence electrons. The second kappa shape index (κ2) is 6.75. The minimum atomic E-state index is -0.544. The fraction of sp³-hybridized carbons (Fsp3) is 0.417. The molecule has 0 saturated heterocycles. The summed E-state index contributed by atoms with van der Waals surface area (Å²) in [5.41, 5.74) is 1.00. The maximum atomic E-state index is 11.0. The SMILES string of the molecule is COC(=O)N[C@H](CO)Cc1ccc(OC)cc1. The van der Waals surface area contributed by atoms with Crippen LogP contribution in [0.1, 0.15) is 5.56 Å². The summed E-state index contributed by atoms with van der Waals surface area (Å²) in [6.45, 7) is -0.138. The van der Waals surface area contributed by atoms with Crippen molar-refractivity contribution >= 4 is 6.09 Å². The highest BCUT2D eigenvalue weighted by Crippen LogP contribution is 2.12. The molecule has 0 aliphatic heterocycles. The number of methoxy groups -OCH3 is 2. The number of alkyl carbamates (subject to hydrolysis) is 1. The maximum Gasteiger partial charge on any atom is 0.407 e. The number of aliphatic hydroxyl groups is 1. The molecule has 0 aliphatic rings. The van der Waals surface area contributed by atoms with Gasteiger partial charge in [-0.05, 0) is 24.1 Å². The van der Waals surface area contributed by atoms with Gasteiger partial charge in [-0.25, -0.2) is 4.79 Å². The molecule has 5 heteroatoms. The summed E-state index contributed by atoms with van der Waals surface area (Å²) in [6, 6.07) is 7.10. The van der Waals surface area contributed by atoms with Gasteiger partial charge in [0, 0.05) is 0 Å². The number of amides is 1. The lowest BCUT2D eigenvalue weighted by Crippen LogP contribution is -2.38. The van der Waals surface area contributed by atoms with Gasteiger partial charge in [0.15, 0.2) is 0 Å². The van der Waals surface area contributed by atoms with E-state index in [1.807, 2.05) is 24.3 Å². The van der Waals surface area contributed by atoms with Gasteiger partial charge < -0.3 is 19.9 Å². The summed E-state index contributed by atoms with van der Waals surface area (Å²) in [7, 11) is 2.89. The van der Waals surface area contributed by atoms with E-state index in [2.05, 4.69) is 10.1 Å². The Hall–Kier alpha value is -1.75. The minimum absolute atomic E-state index is 0.138. The van der Waals surface area contributed by atoms with Crippen molar-refractivity contribution in [1.82, 2.24) is 5.32 Å². The monoisotopic (exact) mass is 239 g/mol. The Morgan fingerprint density at radius 1 is 1.35 bits per heavy atom. The molecular formula is C12H17NO4. The zero-order chi connectivity index (χ0) is 12.7. The van der Waals surface area contributed by atoms with Crippen LogP contribution >= 0.6 is 0 Å². The van der Waals surface area contributed by atoms with Crippen molar-refractivity contribution < 1.29 is 19.4 Å². The Balaban J connectivity index is 2.57. The van der Waals surface area contributed by atoms with E-state index in [-0.39, 0.29) is 12.6 Å². The summed E-state index contributed by atoms with van der Waals surface area (Å²) in [5.74, 6) is 0.773. The van der Waals surface area contributed by atoms with Crippen LogP contribution in [0.15, 0.2) is 24.3 Å². The first-order valence-electron chi connectivity index (χ1n) is 5.28. The molecule has 1 aromatic rings. The van der Waals surface area contributed by atoms with E-state index < -0.39 is 6.09 Å². The molecule has 0 fully saturated rings. The molecule has 1 rings (SSSR count). The number of rotatable bonds is 5. The fourth-order valence-electron chi connectivity index (χ4n) is 1.43. The Bertz CT molecular complexity index is 350. The first-order valence-corrected chi connectivity index (χ1v) is 5.28. The lowest BCUT2D eigenvalue weighted by molar-refractivity contribution is 0.157. The highest BCUT2D eigenvalue weighted by atomic mass is 16.5. The molecule has 0 saturated carbocycles. The fourth-order valence-corrected chi connectivity index (χ4v) is 1.43. The number of ether oxygens (including phenoxy) is 2. The second-order valence-corrected chi connectivity index (χ2v) is 3.57. The van der Waals surface area contributed by atoms with Gasteiger partial charge in [-0.2, -0.15) is 0 Å². The first kappa shape index (κ1) is 13.3. The Labute approximate surface area is 100 Å². The molecule has 5 nitrogen and oxygen atoms in total. The van der Waals surface area contributed by atoms with Crippen molar-refractivity contribution in [3.8, 4) is 5.75 Å². The number of carbonyl (C=O) groups is 1. The largest absolute Gasteiger partial charge is 0.497 e. The highest BCUT2D eigenvalue weighted by Gasteiger charge is 2.11. The van der Waals surface area contributed by atoms with Crippen LogP contribution < -0.4 is 10.1 Å². The van der Waals surface area contributed by atoms with Gasteiger partial charge in [-0.15, -0.1) is 0 Å². The molecular weight excluding hydrogens is 222 g/mol. The maximum absolute atomic E-state index is 11.0. The molecule has 0 unspecified atom stereocenters. The van der Waals surface area contributed by atoms with Crippen LogP contribution in [0.25, 0.3) is 0 Å². The van der Waals surface area contributed by atoms with Gasteiger partial charge in [0.2, 0.25) is 0 Å². The molecule has 1 amide bonds. The van der Waals surface area contributed by atoms with Crippen molar-refractivity contribution in [2.24, 2.45) is 0 Å². The van der Waals surface area contributed by atoms with Crippen molar-refractivity contribution in [1.29, 1.82) is 0 Å². The van der Waals surface area contributed by atoms with Crippen molar-refractivity contribution in [3.63, 3.8) is 0 Å². The van der Waals surface area contributed by atoms with Crippen LogP contribution in [0.5, 0.6) is 5.75 Å². The molecule has 0 radical (unpaired) electrons. The number of benzene rings is 1. The summed E-state index contributed by atoms with van der Waals surface area (Å²) in [6.07, 6.45) is -0.00663. The van der Waals surface area contributed by atoms with Gasteiger partial charge in [0.05, 0.1) is 26.9 Å². The molecule has 0 aliphatic carbocycles. The molecule has 0 bridgehead atoms. The smallest absolute Gasteiger partial charge is 0.407 e. The molecule has 1 aromatic carbocycles. The second-order valence-electron chi connectivity index (χ2n) is 3.57. The van der Waals surface area contributed by atoms with Crippen LogP contribution in [-0.4, -0.2) is 38.1 Å². The van der Waals surface area contributed by atoms with E-state index in [4.69, 9.17) is 9.84 Å². The third kappa shape index (κ3) is 4.32. The van der Waals surface area contributed by atoms with Crippen LogP contribution in [0.2, 0.25) is 0 Å². The number of hydrogen-bond acceptors (Lipinski definition) is 4. The van der Waals surface area contributed by atoms with E-state index in [1.54, 1.807) is 7.11 Å². The van der Waals surface area contributed by atoms with E-state index in [0.29, 0.717) is 6.42 Å². The average Bonchev–Trinajstić information content (AvgIpc) is 2.38. The van der Waals surface area contributed by atoms with Gasteiger partial charge in [0.25, 0.3) is 0 Å². The lowest BCUT2D eigenvalue weighted by atomic mass is 10.1. The summed E-state index contributed by atoms with van der Waals surface area (Å²) in [4.78, 5) is 11.0. The summed E-state index contributed by atoms with van der Waals surface area (Å²) in [5, 5.41) is 11.7. The standard InChI is InChI=1S/C12H17NO4/c1-16-11-5-3-9(4-6-11)7-10(8-14)13-12(15)17-2/h3-6,10,14H,7-8H2,1-2H3,(H,13,15)/t10-/m0/s1.